The summed E-state index contributed by atoms with van der Waals surface area (Å²) < 4.78 is 3.70. The highest BCUT2D eigenvalue weighted by Crippen LogP contribution is 2.22. The summed E-state index contributed by atoms with van der Waals surface area (Å²) in [5.41, 5.74) is -0.0221. The molecule has 1 amide bonds. The normalized spacial score (nSPS) is 16.4. The molecule has 0 bridgehead atoms. The van der Waals surface area contributed by atoms with Crippen molar-refractivity contribution in [1.82, 2.24) is 38.6 Å². The largest absolute Gasteiger partial charge is 0.341 e. The number of fused-ring (bicyclic) bond motifs is 1. The Labute approximate surface area is 205 Å². The second-order valence-electron chi connectivity index (χ2n) is 9.07. The second kappa shape index (κ2) is 8.98. The van der Waals surface area contributed by atoms with E-state index in [0.29, 0.717) is 29.1 Å². The van der Waals surface area contributed by atoms with Crippen LogP contribution in [-0.4, -0.2) is 57.6 Å². The van der Waals surface area contributed by atoms with Crippen molar-refractivity contribution in [2.24, 2.45) is 20.0 Å². The molecule has 4 aromatic heterocycles. The molecule has 0 aromatic carbocycles. The molecule has 5 heterocycles. The molecule has 0 saturated carbocycles. The number of amides is 1. The van der Waals surface area contributed by atoms with Crippen LogP contribution < -0.4 is 21.5 Å². The Bertz CT molecular complexity index is 1570. The zero-order valence-electron chi connectivity index (χ0n) is 20.4. The van der Waals surface area contributed by atoms with Crippen LogP contribution in [0.5, 0.6) is 0 Å². The molecule has 13 heteroatoms. The molecule has 13 nitrogen and oxygen atoms in total. The molecule has 0 aliphatic carbocycles. The van der Waals surface area contributed by atoms with Gasteiger partial charge in [0.25, 0.3) is 5.56 Å². The van der Waals surface area contributed by atoms with Crippen LogP contribution in [0.3, 0.4) is 0 Å². The van der Waals surface area contributed by atoms with Gasteiger partial charge in [-0.1, -0.05) is 6.92 Å². The van der Waals surface area contributed by atoms with Crippen LogP contribution in [0.2, 0.25) is 0 Å². The third-order valence-corrected chi connectivity index (χ3v) is 6.48. The third kappa shape index (κ3) is 4.01. The van der Waals surface area contributed by atoms with Gasteiger partial charge in [-0.2, -0.15) is 0 Å². The van der Waals surface area contributed by atoms with Gasteiger partial charge in [0.15, 0.2) is 17.0 Å². The average molecular weight is 491 g/mol. The quantitative estimate of drug-likeness (QED) is 0.428. The number of aryl methyl sites for hydroxylation is 1. The average Bonchev–Trinajstić information content (AvgIpc) is 3.53. The van der Waals surface area contributed by atoms with Gasteiger partial charge in [-0.3, -0.25) is 18.7 Å². The van der Waals surface area contributed by atoms with Crippen molar-refractivity contribution in [3.8, 4) is 11.4 Å². The Balaban J connectivity index is 1.36. The number of carbonyl (C=O) groups is 1. The standard InChI is InChI=1S/C23H26N10O3/c1-13-6-8-32(11-13)22-25-9-15(10-26-22)18-24-7-5-16(28-18)29-20(34)14(2)33-12-27-19-17(33)21(35)31(4)23(36)30(19)3/h5,7,9-10,12-14H,6,8,11H2,1-4H3,(H,24,28,29,34). The van der Waals surface area contributed by atoms with E-state index >= 15 is 0 Å². The van der Waals surface area contributed by atoms with Gasteiger partial charge in [0.05, 0.1) is 11.9 Å². The van der Waals surface area contributed by atoms with Crippen LogP contribution in [0, 0.1) is 5.92 Å². The zero-order valence-corrected chi connectivity index (χ0v) is 20.4. The van der Waals surface area contributed by atoms with Gasteiger partial charge in [-0.15, -0.1) is 0 Å². The van der Waals surface area contributed by atoms with Crippen LogP contribution in [0.1, 0.15) is 26.3 Å². The molecule has 0 spiro atoms. The highest BCUT2D eigenvalue weighted by molar-refractivity contribution is 5.93. The Morgan fingerprint density at radius 3 is 2.56 bits per heavy atom. The molecule has 1 saturated heterocycles. The van der Waals surface area contributed by atoms with E-state index in [4.69, 9.17) is 0 Å². The molecular formula is C23H26N10O3. The summed E-state index contributed by atoms with van der Waals surface area (Å²) in [6.45, 7) is 5.71. The van der Waals surface area contributed by atoms with E-state index < -0.39 is 23.2 Å². The van der Waals surface area contributed by atoms with Gasteiger partial charge < -0.3 is 14.8 Å². The fraction of sp³-hybridized carbons (Fsp3) is 0.391. The molecule has 1 aliphatic heterocycles. The Morgan fingerprint density at radius 1 is 1.11 bits per heavy atom. The van der Waals surface area contributed by atoms with Crippen molar-refractivity contribution in [3.63, 3.8) is 0 Å². The predicted molar refractivity (Wildman–Crippen MR) is 133 cm³/mol. The summed E-state index contributed by atoms with van der Waals surface area (Å²) in [6.07, 6.45) is 7.38. The fourth-order valence-corrected chi connectivity index (χ4v) is 4.30. The number of anilines is 2. The lowest BCUT2D eigenvalue weighted by Gasteiger charge is -2.15. The lowest BCUT2D eigenvalue weighted by molar-refractivity contribution is -0.118. The van der Waals surface area contributed by atoms with Crippen molar-refractivity contribution in [2.45, 2.75) is 26.3 Å². The van der Waals surface area contributed by atoms with Crippen molar-refractivity contribution in [1.29, 1.82) is 0 Å². The summed E-state index contributed by atoms with van der Waals surface area (Å²) in [7, 11) is 2.91. The van der Waals surface area contributed by atoms with E-state index in [1.807, 2.05) is 0 Å². The minimum atomic E-state index is -0.802. The second-order valence-corrected chi connectivity index (χ2v) is 9.07. The molecule has 1 N–H and O–H groups in total. The first-order valence-electron chi connectivity index (χ1n) is 11.6. The molecule has 4 aromatic rings. The molecule has 1 fully saturated rings. The topological polar surface area (TPSA) is 146 Å². The summed E-state index contributed by atoms with van der Waals surface area (Å²) in [5, 5.41) is 2.76. The minimum Gasteiger partial charge on any atom is -0.341 e. The van der Waals surface area contributed by atoms with E-state index in [1.54, 1.807) is 25.4 Å². The fourth-order valence-electron chi connectivity index (χ4n) is 4.30. The van der Waals surface area contributed by atoms with Crippen LogP contribution in [0.25, 0.3) is 22.6 Å². The summed E-state index contributed by atoms with van der Waals surface area (Å²) in [5.74, 6) is 1.55. The van der Waals surface area contributed by atoms with Crippen molar-refractivity contribution < 1.29 is 4.79 Å². The number of hydrogen-bond donors (Lipinski definition) is 1. The monoisotopic (exact) mass is 490 g/mol. The van der Waals surface area contributed by atoms with Crippen molar-refractivity contribution in [2.75, 3.05) is 23.3 Å². The van der Waals surface area contributed by atoms with E-state index in [9.17, 15) is 14.4 Å². The lowest BCUT2D eigenvalue weighted by atomic mass is 10.2. The van der Waals surface area contributed by atoms with Crippen LogP contribution in [0.4, 0.5) is 11.8 Å². The molecule has 2 atom stereocenters. The van der Waals surface area contributed by atoms with Crippen LogP contribution in [-0.2, 0) is 18.9 Å². The summed E-state index contributed by atoms with van der Waals surface area (Å²) in [6, 6.07) is 0.771. The maximum atomic E-state index is 13.0. The van der Waals surface area contributed by atoms with Gasteiger partial charge in [0.2, 0.25) is 11.9 Å². The molecule has 186 valence electrons. The summed E-state index contributed by atoms with van der Waals surface area (Å²) >= 11 is 0. The first-order chi connectivity index (χ1) is 17.2. The highest BCUT2D eigenvalue weighted by Gasteiger charge is 2.23. The smallest absolute Gasteiger partial charge is 0.332 e. The number of hydrogen-bond acceptors (Lipinski definition) is 9. The number of nitrogens with one attached hydrogen (secondary N) is 1. The van der Waals surface area contributed by atoms with Gasteiger partial charge in [-0.25, -0.2) is 29.7 Å². The number of rotatable bonds is 5. The summed E-state index contributed by atoms with van der Waals surface area (Å²) in [4.78, 5) is 61.9. The van der Waals surface area contributed by atoms with Crippen LogP contribution >= 0.6 is 0 Å². The van der Waals surface area contributed by atoms with Crippen molar-refractivity contribution in [3.05, 3.63) is 51.8 Å². The maximum absolute atomic E-state index is 13.0. The molecule has 0 radical (unpaired) electrons. The van der Waals surface area contributed by atoms with Gasteiger partial charge >= 0.3 is 5.69 Å². The Hall–Kier alpha value is -4.42. The van der Waals surface area contributed by atoms with E-state index in [0.717, 1.165) is 24.1 Å². The van der Waals surface area contributed by atoms with Crippen molar-refractivity contribution >= 4 is 28.8 Å². The first-order valence-corrected chi connectivity index (χ1v) is 11.6. The SMILES string of the molecule is CC1CCN(c2ncc(-c3nccc(NC(=O)C(C)n4cnc5c4c(=O)n(C)c(=O)n5C)n3)cn2)C1. The lowest BCUT2D eigenvalue weighted by Crippen LogP contribution is -2.38. The highest BCUT2D eigenvalue weighted by atomic mass is 16.2. The van der Waals surface area contributed by atoms with E-state index in [1.165, 1.54) is 35.8 Å². The minimum absolute atomic E-state index is 0.162. The molecule has 36 heavy (non-hydrogen) atoms. The molecule has 5 rings (SSSR count). The molecule has 2 unspecified atom stereocenters. The Morgan fingerprint density at radius 2 is 1.86 bits per heavy atom. The van der Waals surface area contributed by atoms with Gasteiger partial charge in [0.1, 0.15) is 11.9 Å². The van der Waals surface area contributed by atoms with Crippen LogP contribution in [0.15, 0.2) is 40.6 Å². The molecular weight excluding hydrogens is 464 g/mol. The third-order valence-electron chi connectivity index (χ3n) is 6.48. The number of imidazole rings is 1. The number of nitrogens with zero attached hydrogens (tertiary/aromatic N) is 9. The first kappa shape index (κ1) is 23.3. The zero-order chi connectivity index (χ0) is 25.6. The maximum Gasteiger partial charge on any atom is 0.332 e. The Kier molecular flexibility index (Phi) is 5.82. The van der Waals surface area contributed by atoms with Gasteiger partial charge in [-0.05, 0) is 25.3 Å². The van der Waals surface area contributed by atoms with Gasteiger partial charge in [0, 0.05) is 45.8 Å². The number of carbonyl (C=O) groups excluding carboxylic acids is 1. The molecule has 1 aliphatic rings. The number of aromatic nitrogens is 8. The van der Waals surface area contributed by atoms with E-state index in [-0.39, 0.29) is 11.2 Å². The van der Waals surface area contributed by atoms with E-state index in [2.05, 4.69) is 42.1 Å². The predicted octanol–water partition coefficient (Wildman–Crippen LogP) is 0.727.